The van der Waals surface area contributed by atoms with Gasteiger partial charge >= 0.3 is 12.1 Å². The van der Waals surface area contributed by atoms with Crippen LogP contribution in [-0.2, 0) is 4.74 Å². The van der Waals surface area contributed by atoms with Crippen molar-refractivity contribution in [2.75, 3.05) is 19.7 Å². The minimum Gasteiger partial charge on any atom is -0.449 e. The lowest BCUT2D eigenvalue weighted by molar-refractivity contribution is 0.117. The van der Waals surface area contributed by atoms with Crippen LogP contribution in [0.2, 0.25) is 0 Å². The Morgan fingerprint density at radius 3 is 3.00 bits per heavy atom. The third kappa shape index (κ3) is 1.87. The molecule has 3 amide bonds. The highest BCUT2D eigenvalue weighted by Gasteiger charge is 2.26. The summed E-state index contributed by atoms with van der Waals surface area (Å²) in [4.78, 5) is 23.0. The van der Waals surface area contributed by atoms with Crippen molar-refractivity contribution in [2.45, 2.75) is 13.3 Å². The maximum absolute atomic E-state index is 11.1. The Kier molecular flexibility index (Phi) is 2.90. The number of carbonyl (C=O) groups excluding carboxylic acids is 2. The Labute approximate surface area is 70.7 Å². The van der Waals surface area contributed by atoms with E-state index in [1.165, 1.54) is 0 Å². The highest BCUT2D eigenvalue weighted by Crippen LogP contribution is 2.00. The van der Waals surface area contributed by atoms with Crippen LogP contribution in [0.5, 0.6) is 0 Å². The van der Waals surface area contributed by atoms with Crippen molar-refractivity contribution >= 4 is 12.1 Å². The fraction of sp³-hybridized carbons (Fsp3) is 0.714. The molecule has 12 heavy (non-hydrogen) atoms. The molecule has 0 aliphatic carbocycles. The van der Waals surface area contributed by atoms with E-state index in [0.29, 0.717) is 19.7 Å². The van der Waals surface area contributed by atoms with E-state index in [1.54, 1.807) is 0 Å². The second-order valence-electron chi connectivity index (χ2n) is 2.50. The van der Waals surface area contributed by atoms with Gasteiger partial charge < -0.3 is 10.1 Å². The summed E-state index contributed by atoms with van der Waals surface area (Å²) >= 11 is 0. The van der Waals surface area contributed by atoms with Crippen LogP contribution >= 0.6 is 0 Å². The lowest BCUT2D eigenvalue weighted by Crippen LogP contribution is -2.34. The number of urea groups is 1. The number of ether oxygens (including phenoxy) is 1. The third-order valence-electron chi connectivity index (χ3n) is 1.51. The monoisotopic (exact) mass is 172 g/mol. The molecule has 1 rings (SSSR count). The second kappa shape index (κ2) is 3.94. The fourth-order valence-corrected chi connectivity index (χ4v) is 0.913. The van der Waals surface area contributed by atoms with Crippen LogP contribution in [0.25, 0.3) is 0 Å². The zero-order valence-electron chi connectivity index (χ0n) is 7.00. The largest absolute Gasteiger partial charge is 0.449 e. The average Bonchev–Trinajstić information content (AvgIpc) is 2.47. The van der Waals surface area contributed by atoms with E-state index in [-0.39, 0.29) is 6.03 Å². The van der Waals surface area contributed by atoms with Crippen LogP contribution in [0, 0.1) is 0 Å². The van der Waals surface area contributed by atoms with Gasteiger partial charge in [0.25, 0.3) is 0 Å². The van der Waals surface area contributed by atoms with Crippen LogP contribution in [0.1, 0.15) is 13.3 Å². The number of imide groups is 1. The molecule has 1 saturated heterocycles. The van der Waals surface area contributed by atoms with Crippen molar-refractivity contribution in [2.24, 2.45) is 0 Å². The van der Waals surface area contributed by atoms with E-state index < -0.39 is 6.09 Å². The van der Waals surface area contributed by atoms with Gasteiger partial charge in [0, 0.05) is 6.54 Å². The summed E-state index contributed by atoms with van der Waals surface area (Å²) in [5.74, 6) is 0. The minimum atomic E-state index is -0.549. The number of hydrogen-bond donors (Lipinski definition) is 1. The number of nitrogens with one attached hydrogen (secondary N) is 1. The van der Waals surface area contributed by atoms with Gasteiger partial charge in [-0.05, 0) is 6.42 Å². The zero-order chi connectivity index (χ0) is 8.97. The highest BCUT2D eigenvalue weighted by molar-refractivity contribution is 5.92. The zero-order valence-corrected chi connectivity index (χ0v) is 7.00. The van der Waals surface area contributed by atoms with Gasteiger partial charge in [0.2, 0.25) is 0 Å². The van der Waals surface area contributed by atoms with E-state index >= 15 is 0 Å². The first-order chi connectivity index (χ1) is 5.75. The van der Waals surface area contributed by atoms with Gasteiger partial charge in [0.15, 0.2) is 0 Å². The van der Waals surface area contributed by atoms with E-state index in [4.69, 9.17) is 4.74 Å². The van der Waals surface area contributed by atoms with Gasteiger partial charge in [-0.25, -0.2) is 14.5 Å². The predicted molar refractivity (Wildman–Crippen MR) is 41.7 cm³/mol. The Hall–Kier alpha value is -1.26. The highest BCUT2D eigenvalue weighted by atomic mass is 16.6. The number of amides is 3. The van der Waals surface area contributed by atoms with Gasteiger partial charge in [-0.1, -0.05) is 6.92 Å². The molecule has 0 aromatic heterocycles. The summed E-state index contributed by atoms with van der Waals surface area (Å²) < 4.78 is 4.77. The van der Waals surface area contributed by atoms with E-state index in [2.05, 4.69) is 5.32 Å². The summed E-state index contributed by atoms with van der Waals surface area (Å²) in [6, 6.07) is -0.365. The summed E-state index contributed by atoms with van der Waals surface area (Å²) in [5, 5.41) is 2.51. The average molecular weight is 172 g/mol. The molecule has 5 nitrogen and oxygen atoms in total. The quantitative estimate of drug-likeness (QED) is 0.662. The molecule has 0 aromatic carbocycles. The standard InChI is InChI=1S/C7H12N2O3/c1-2-5-12-7(11)9-4-3-8-6(9)10/h2-5H2,1H3,(H,8,10). The number of nitrogens with zero attached hydrogens (tertiary/aromatic N) is 1. The summed E-state index contributed by atoms with van der Waals surface area (Å²) in [6.45, 7) is 3.18. The molecule has 68 valence electrons. The van der Waals surface area contributed by atoms with Crippen molar-refractivity contribution < 1.29 is 14.3 Å². The molecular formula is C7H12N2O3. The maximum Gasteiger partial charge on any atom is 0.418 e. The summed E-state index contributed by atoms with van der Waals surface area (Å²) in [6.07, 6.45) is 0.216. The van der Waals surface area contributed by atoms with Crippen LogP contribution in [-0.4, -0.2) is 36.7 Å². The van der Waals surface area contributed by atoms with Crippen molar-refractivity contribution in [1.82, 2.24) is 10.2 Å². The number of rotatable bonds is 2. The smallest absolute Gasteiger partial charge is 0.418 e. The van der Waals surface area contributed by atoms with Crippen molar-refractivity contribution in [3.63, 3.8) is 0 Å². The Balaban J connectivity index is 2.36. The minimum absolute atomic E-state index is 0.364. The van der Waals surface area contributed by atoms with Crippen molar-refractivity contribution in [3.8, 4) is 0 Å². The molecule has 5 heteroatoms. The van der Waals surface area contributed by atoms with E-state index in [9.17, 15) is 9.59 Å². The molecule has 1 heterocycles. The molecule has 0 saturated carbocycles. The van der Waals surface area contributed by atoms with Crippen LogP contribution < -0.4 is 5.32 Å². The number of hydrogen-bond acceptors (Lipinski definition) is 3. The molecule has 1 N–H and O–H groups in total. The molecule has 1 aliphatic heterocycles. The first-order valence-corrected chi connectivity index (χ1v) is 3.98. The molecule has 0 bridgehead atoms. The Morgan fingerprint density at radius 2 is 2.50 bits per heavy atom. The Morgan fingerprint density at radius 1 is 1.75 bits per heavy atom. The van der Waals surface area contributed by atoms with Crippen LogP contribution in [0.3, 0.4) is 0 Å². The van der Waals surface area contributed by atoms with Crippen molar-refractivity contribution in [1.29, 1.82) is 0 Å². The molecule has 1 fully saturated rings. The van der Waals surface area contributed by atoms with E-state index in [1.807, 2.05) is 6.92 Å². The molecule has 0 unspecified atom stereocenters. The topological polar surface area (TPSA) is 58.6 Å². The van der Waals surface area contributed by atoms with Crippen LogP contribution in [0.4, 0.5) is 9.59 Å². The number of carbonyl (C=O) groups is 2. The first-order valence-electron chi connectivity index (χ1n) is 3.98. The lowest BCUT2D eigenvalue weighted by Gasteiger charge is -2.11. The van der Waals surface area contributed by atoms with Crippen LogP contribution in [0.15, 0.2) is 0 Å². The molecule has 0 spiro atoms. The Bertz CT molecular complexity index is 193. The van der Waals surface area contributed by atoms with Crippen molar-refractivity contribution in [3.05, 3.63) is 0 Å². The molecule has 0 aromatic rings. The molecular weight excluding hydrogens is 160 g/mol. The molecule has 1 aliphatic rings. The first kappa shape index (κ1) is 8.83. The van der Waals surface area contributed by atoms with Gasteiger partial charge in [0.1, 0.15) is 0 Å². The van der Waals surface area contributed by atoms with Gasteiger partial charge in [-0.15, -0.1) is 0 Å². The van der Waals surface area contributed by atoms with E-state index in [0.717, 1.165) is 11.3 Å². The van der Waals surface area contributed by atoms with Gasteiger partial charge in [-0.2, -0.15) is 0 Å². The molecule has 0 radical (unpaired) electrons. The van der Waals surface area contributed by atoms with Gasteiger partial charge in [0.05, 0.1) is 13.2 Å². The van der Waals surface area contributed by atoms with Gasteiger partial charge in [-0.3, -0.25) is 0 Å². The summed E-state index contributed by atoms with van der Waals surface area (Å²) in [7, 11) is 0. The second-order valence-corrected chi connectivity index (χ2v) is 2.50. The fourth-order valence-electron chi connectivity index (χ4n) is 0.913. The molecule has 0 atom stereocenters. The lowest BCUT2D eigenvalue weighted by atomic mass is 10.5. The normalized spacial score (nSPS) is 16.1. The summed E-state index contributed by atoms with van der Waals surface area (Å²) in [5.41, 5.74) is 0. The third-order valence-corrected chi connectivity index (χ3v) is 1.51. The SMILES string of the molecule is CCCOC(=O)N1CCNC1=O. The maximum atomic E-state index is 11.1. The predicted octanol–water partition coefficient (Wildman–Crippen LogP) is 0.558.